The molecule has 32 heavy (non-hydrogen) atoms. The number of carbonyl (C=O) groups is 1. The Labute approximate surface area is 198 Å². The van der Waals surface area contributed by atoms with Crippen LogP contribution < -0.4 is 0 Å². The highest BCUT2D eigenvalue weighted by atomic mass is 79.9. The number of halogens is 2. The zero-order valence-corrected chi connectivity index (χ0v) is 20.1. The van der Waals surface area contributed by atoms with Gasteiger partial charge in [-0.2, -0.15) is 0 Å². The van der Waals surface area contributed by atoms with Crippen molar-refractivity contribution in [1.82, 2.24) is 14.8 Å². The first kappa shape index (κ1) is 22.7. The number of hydrogen-bond donors (Lipinski definition) is 0. The van der Waals surface area contributed by atoms with Crippen molar-refractivity contribution in [2.75, 3.05) is 12.9 Å². The molecule has 1 aromatic heterocycles. The minimum Gasteiger partial charge on any atom is -0.469 e. The van der Waals surface area contributed by atoms with Crippen molar-refractivity contribution >= 4 is 39.4 Å². The van der Waals surface area contributed by atoms with Gasteiger partial charge in [0.05, 0.1) is 18.5 Å². The quantitative estimate of drug-likeness (QED) is 0.305. The number of hydrogen-bond acceptors (Lipinski definition) is 6. The fraction of sp³-hybridized carbons (Fsp3) is 0.304. The molecule has 1 aliphatic rings. The van der Waals surface area contributed by atoms with Gasteiger partial charge in [-0.15, -0.1) is 10.2 Å². The third kappa shape index (κ3) is 4.49. The van der Waals surface area contributed by atoms with Crippen LogP contribution in [0.25, 0.3) is 5.69 Å². The van der Waals surface area contributed by atoms with E-state index in [2.05, 4.69) is 33.1 Å². The van der Waals surface area contributed by atoms with Crippen LogP contribution in [0, 0.1) is 5.82 Å². The monoisotopic (exact) mass is 516 g/mol. The Morgan fingerprint density at radius 2 is 2.03 bits per heavy atom. The number of aromatic nitrogens is 3. The molecule has 6 nitrogen and oxygen atoms in total. The van der Waals surface area contributed by atoms with Crippen LogP contribution >= 0.6 is 27.7 Å². The highest BCUT2D eigenvalue weighted by molar-refractivity contribution is 9.10. The number of ether oxygens (including phenoxy) is 1. The van der Waals surface area contributed by atoms with E-state index >= 15 is 0 Å². The van der Waals surface area contributed by atoms with Gasteiger partial charge in [-0.1, -0.05) is 46.7 Å². The SMILES string of the molecule is CCCSc1nnc2n1-c1ccc(Br)cc1C(c1ccccc1F)=N[C@H]2CCC(=O)OC. The van der Waals surface area contributed by atoms with E-state index in [9.17, 15) is 9.18 Å². The number of thioether (sulfide) groups is 1. The molecule has 166 valence electrons. The van der Waals surface area contributed by atoms with Crippen molar-refractivity contribution in [3.05, 3.63) is 69.7 Å². The molecule has 4 rings (SSSR count). The molecule has 0 bridgehead atoms. The van der Waals surface area contributed by atoms with E-state index in [1.165, 1.54) is 13.2 Å². The zero-order valence-electron chi connectivity index (χ0n) is 17.7. The summed E-state index contributed by atoms with van der Waals surface area (Å²) < 4.78 is 22.6. The molecular formula is C23H22BrFN4O2S. The lowest BCUT2D eigenvalue weighted by Crippen LogP contribution is -2.10. The van der Waals surface area contributed by atoms with Gasteiger partial charge in [-0.25, -0.2) is 4.39 Å². The second-order valence-corrected chi connectivity index (χ2v) is 9.25. The minimum absolute atomic E-state index is 0.166. The lowest BCUT2D eigenvalue weighted by molar-refractivity contribution is -0.140. The molecule has 0 unspecified atom stereocenters. The summed E-state index contributed by atoms with van der Waals surface area (Å²) in [4.78, 5) is 16.8. The summed E-state index contributed by atoms with van der Waals surface area (Å²) in [7, 11) is 1.36. The van der Waals surface area contributed by atoms with E-state index in [1.54, 1.807) is 30.0 Å². The van der Waals surface area contributed by atoms with E-state index in [1.807, 2.05) is 22.8 Å². The molecule has 0 saturated heterocycles. The van der Waals surface area contributed by atoms with Crippen molar-refractivity contribution < 1.29 is 13.9 Å². The minimum atomic E-state index is -0.488. The van der Waals surface area contributed by atoms with Crippen LogP contribution in [-0.2, 0) is 9.53 Å². The van der Waals surface area contributed by atoms with E-state index in [0.29, 0.717) is 23.5 Å². The van der Waals surface area contributed by atoms with E-state index < -0.39 is 6.04 Å². The van der Waals surface area contributed by atoms with Gasteiger partial charge in [0.15, 0.2) is 11.0 Å². The fourth-order valence-corrected chi connectivity index (χ4v) is 4.77. The second kappa shape index (κ2) is 9.95. The average molecular weight is 517 g/mol. The van der Waals surface area contributed by atoms with Gasteiger partial charge < -0.3 is 4.74 Å². The van der Waals surface area contributed by atoms with Crippen LogP contribution in [0.1, 0.15) is 49.2 Å². The lowest BCUT2D eigenvalue weighted by Gasteiger charge is -2.14. The molecule has 1 aliphatic heterocycles. The molecule has 0 amide bonds. The van der Waals surface area contributed by atoms with Crippen molar-refractivity contribution in [3.63, 3.8) is 0 Å². The molecule has 2 heterocycles. The highest BCUT2D eigenvalue weighted by Gasteiger charge is 2.30. The Kier molecular flexibility index (Phi) is 7.05. The molecule has 0 spiro atoms. The number of carbonyl (C=O) groups excluding carboxylic acids is 1. The smallest absolute Gasteiger partial charge is 0.305 e. The topological polar surface area (TPSA) is 69.4 Å². The summed E-state index contributed by atoms with van der Waals surface area (Å²) in [6.45, 7) is 2.11. The maximum absolute atomic E-state index is 14.9. The van der Waals surface area contributed by atoms with Crippen molar-refractivity contribution in [1.29, 1.82) is 0 Å². The second-order valence-electron chi connectivity index (χ2n) is 7.27. The van der Waals surface area contributed by atoms with Crippen LogP contribution in [0.2, 0.25) is 0 Å². The van der Waals surface area contributed by atoms with Crippen molar-refractivity contribution in [3.8, 4) is 5.69 Å². The van der Waals surface area contributed by atoms with Gasteiger partial charge in [-0.05, 0) is 43.2 Å². The number of esters is 1. The van der Waals surface area contributed by atoms with Crippen molar-refractivity contribution in [2.24, 2.45) is 4.99 Å². The number of methoxy groups -OCH3 is 1. The van der Waals surface area contributed by atoms with Crippen LogP contribution in [0.15, 0.2) is 57.1 Å². The highest BCUT2D eigenvalue weighted by Crippen LogP contribution is 2.37. The molecular weight excluding hydrogens is 495 g/mol. The van der Waals surface area contributed by atoms with E-state index in [-0.39, 0.29) is 18.2 Å². The summed E-state index contributed by atoms with van der Waals surface area (Å²) in [5, 5.41) is 9.62. The Hall–Kier alpha value is -2.52. The Balaban J connectivity index is 1.94. The standard InChI is InChI=1S/C23H22BrFN4O2S/c1-3-12-32-23-28-27-22-18(9-11-20(30)31-2)26-21(15-6-4-5-7-17(15)25)16-13-14(24)8-10-19(16)29(22)23/h4-8,10,13,18H,3,9,11-12H2,1-2H3/t18-/m0/s1. The van der Waals surface area contributed by atoms with Gasteiger partial charge >= 0.3 is 5.97 Å². The normalized spacial score (nSPS) is 14.9. The molecule has 9 heteroatoms. The fourth-order valence-electron chi connectivity index (χ4n) is 3.60. The van der Waals surface area contributed by atoms with Gasteiger partial charge in [0, 0.05) is 27.8 Å². The van der Waals surface area contributed by atoms with Crippen LogP contribution in [0.5, 0.6) is 0 Å². The number of nitrogens with zero attached hydrogens (tertiary/aromatic N) is 4. The largest absolute Gasteiger partial charge is 0.469 e. The first-order valence-electron chi connectivity index (χ1n) is 10.3. The van der Waals surface area contributed by atoms with Crippen LogP contribution in [0.4, 0.5) is 4.39 Å². The third-order valence-electron chi connectivity index (χ3n) is 5.11. The average Bonchev–Trinajstić information content (AvgIpc) is 3.16. The number of benzene rings is 2. The molecule has 3 aromatic rings. The zero-order chi connectivity index (χ0) is 22.7. The number of rotatable bonds is 7. The molecule has 0 radical (unpaired) electrons. The van der Waals surface area contributed by atoms with Crippen LogP contribution in [0.3, 0.4) is 0 Å². The number of aliphatic imine (C=N–C) groups is 1. The molecule has 0 N–H and O–H groups in total. The van der Waals surface area contributed by atoms with Gasteiger partial charge in [-0.3, -0.25) is 14.4 Å². The van der Waals surface area contributed by atoms with E-state index in [0.717, 1.165) is 33.1 Å². The Morgan fingerprint density at radius 1 is 1.22 bits per heavy atom. The molecule has 1 atom stereocenters. The van der Waals surface area contributed by atoms with Gasteiger partial charge in [0.2, 0.25) is 0 Å². The predicted molar refractivity (Wildman–Crippen MR) is 126 cm³/mol. The van der Waals surface area contributed by atoms with Crippen LogP contribution in [-0.4, -0.2) is 39.3 Å². The maximum Gasteiger partial charge on any atom is 0.305 e. The summed E-state index contributed by atoms with van der Waals surface area (Å²) in [5.41, 5.74) is 2.52. The maximum atomic E-state index is 14.9. The van der Waals surface area contributed by atoms with Gasteiger partial charge in [0.25, 0.3) is 0 Å². The lowest BCUT2D eigenvalue weighted by atomic mass is 10.00. The summed E-state index contributed by atoms with van der Waals surface area (Å²) in [6, 6.07) is 11.9. The predicted octanol–water partition coefficient (Wildman–Crippen LogP) is 5.52. The first-order valence-corrected chi connectivity index (χ1v) is 12.1. The molecule has 0 fully saturated rings. The van der Waals surface area contributed by atoms with Gasteiger partial charge in [0.1, 0.15) is 11.9 Å². The van der Waals surface area contributed by atoms with Crippen molar-refractivity contribution in [2.45, 2.75) is 37.4 Å². The first-order chi connectivity index (χ1) is 15.5. The Morgan fingerprint density at radius 3 is 2.78 bits per heavy atom. The molecule has 0 saturated carbocycles. The third-order valence-corrected chi connectivity index (χ3v) is 6.74. The Bertz CT molecular complexity index is 1180. The molecule has 0 aliphatic carbocycles. The summed E-state index contributed by atoms with van der Waals surface area (Å²) >= 11 is 5.16. The molecule has 2 aromatic carbocycles. The summed E-state index contributed by atoms with van der Waals surface area (Å²) in [5.74, 6) is 0.825. The summed E-state index contributed by atoms with van der Waals surface area (Å²) in [6.07, 6.45) is 1.53. The van der Waals surface area contributed by atoms with E-state index in [4.69, 9.17) is 9.73 Å². The number of fused-ring (bicyclic) bond motifs is 3.